The number of carboxylic acid groups (broad SMARTS) is 1. The fourth-order valence-electron chi connectivity index (χ4n) is 4.28. The number of carbonyl (C=O) groups excluding carboxylic acids is 6. The lowest BCUT2D eigenvalue weighted by Crippen LogP contribution is -2.58. The maximum atomic E-state index is 13.4. The van der Waals surface area contributed by atoms with Gasteiger partial charge in [-0.1, -0.05) is 44.2 Å². The monoisotopic (exact) mass is 643 g/mol. The molecule has 1 aromatic carbocycles. The van der Waals surface area contributed by atoms with Gasteiger partial charge in [-0.3, -0.25) is 33.6 Å². The standard InChI is InChI=1S/C29H41N9O8/c1-16(2)8-19(30)26(43)33-13-24(40)36-21(10-18-12-32-15-35-18)28(45)38-22(11-23(31)39)29(46)37-20(27(44)34-14-25(41)42)9-17-6-4-3-5-7-17/h3-7,12,15-16,19-22H,8-11,13-14,30H2,1-2H3,(H2,31,39)(H,32,35)(H,33,43)(H,34,44)(H,36,40)(H,37,46)(H,38,45)(H,41,42)/t19-,20-,21-,22-/m0/s1. The highest BCUT2D eigenvalue weighted by atomic mass is 16.4. The quantitative estimate of drug-likeness (QED) is 0.0759. The summed E-state index contributed by atoms with van der Waals surface area (Å²) in [7, 11) is 0. The van der Waals surface area contributed by atoms with Gasteiger partial charge in [0.2, 0.25) is 35.4 Å². The molecule has 0 spiro atoms. The zero-order chi connectivity index (χ0) is 34.2. The summed E-state index contributed by atoms with van der Waals surface area (Å²) in [6.07, 6.45) is 2.35. The number of hydrogen-bond acceptors (Lipinski definition) is 9. The van der Waals surface area contributed by atoms with E-state index in [1.807, 2.05) is 13.8 Å². The number of amides is 6. The lowest BCUT2D eigenvalue weighted by Gasteiger charge is -2.25. The van der Waals surface area contributed by atoms with Gasteiger partial charge in [-0.2, -0.15) is 0 Å². The first-order valence-electron chi connectivity index (χ1n) is 14.5. The van der Waals surface area contributed by atoms with Gasteiger partial charge < -0.3 is 48.1 Å². The van der Waals surface area contributed by atoms with Crippen molar-refractivity contribution in [3.63, 3.8) is 0 Å². The Hall–Kier alpha value is -5.32. The molecule has 11 N–H and O–H groups in total. The van der Waals surface area contributed by atoms with Crippen molar-refractivity contribution in [3.05, 3.63) is 54.1 Å². The Morgan fingerprint density at radius 2 is 1.43 bits per heavy atom. The van der Waals surface area contributed by atoms with Crippen LogP contribution in [0.4, 0.5) is 0 Å². The SMILES string of the molecule is CC(C)C[C@H](N)C(=O)NCC(=O)N[C@@H](Cc1cnc[nH]1)C(=O)N[C@@H](CC(N)=O)C(=O)N[C@@H](Cc1ccccc1)C(=O)NCC(=O)O. The Balaban J connectivity index is 2.20. The molecule has 0 aliphatic rings. The molecule has 0 fully saturated rings. The molecule has 0 unspecified atom stereocenters. The summed E-state index contributed by atoms with van der Waals surface area (Å²) in [5.74, 6) is -6.06. The number of H-pyrrole nitrogens is 1. The third-order valence-electron chi connectivity index (χ3n) is 6.48. The highest BCUT2D eigenvalue weighted by molar-refractivity contribution is 5.97. The predicted molar refractivity (Wildman–Crippen MR) is 163 cm³/mol. The van der Waals surface area contributed by atoms with Crippen LogP contribution in [0, 0.1) is 5.92 Å². The zero-order valence-corrected chi connectivity index (χ0v) is 25.6. The van der Waals surface area contributed by atoms with Gasteiger partial charge in [0.05, 0.1) is 25.3 Å². The van der Waals surface area contributed by atoms with Crippen LogP contribution in [0.2, 0.25) is 0 Å². The third kappa shape index (κ3) is 13.5. The summed E-state index contributed by atoms with van der Waals surface area (Å²) in [5, 5.41) is 20.9. The number of carbonyl (C=O) groups is 7. The van der Waals surface area contributed by atoms with Crippen LogP contribution in [0.5, 0.6) is 0 Å². The molecule has 0 radical (unpaired) electrons. The number of carboxylic acids is 1. The van der Waals surface area contributed by atoms with E-state index in [2.05, 4.69) is 36.6 Å². The second-order valence-electron chi connectivity index (χ2n) is 10.9. The molecule has 2 aromatic rings. The minimum Gasteiger partial charge on any atom is -0.480 e. The van der Waals surface area contributed by atoms with Crippen molar-refractivity contribution in [1.82, 2.24) is 36.6 Å². The molecule has 1 aromatic heterocycles. The number of rotatable bonds is 19. The molecule has 4 atom stereocenters. The minimum atomic E-state index is -1.58. The summed E-state index contributed by atoms with van der Waals surface area (Å²) < 4.78 is 0. The first-order chi connectivity index (χ1) is 21.7. The molecule has 46 heavy (non-hydrogen) atoms. The van der Waals surface area contributed by atoms with E-state index in [0.29, 0.717) is 17.7 Å². The van der Waals surface area contributed by atoms with E-state index in [1.165, 1.54) is 12.5 Å². The molecule has 0 saturated heterocycles. The van der Waals surface area contributed by atoms with Crippen LogP contribution >= 0.6 is 0 Å². The van der Waals surface area contributed by atoms with Crippen molar-refractivity contribution < 1.29 is 38.7 Å². The van der Waals surface area contributed by atoms with Crippen LogP contribution in [0.1, 0.15) is 37.9 Å². The second-order valence-corrected chi connectivity index (χ2v) is 10.9. The third-order valence-corrected chi connectivity index (χ3v) is 6.48. The molecule has 1 heterocycles. The van der Waals surface area contributed by atoms with Crippen LogP contribution in [0.25, 0.3) is 0 Å². The maximum Gasteiger partial charge on any atom is 0.322 e. The second kappa shape index (κ2) is 18.5. The number of nitrogens with zero attached hydrogens (tertiary/aromatic N) is 1. The average Bonchev–Trinajstić information content (AvgIpc) is 3.50. The van der Waals surface area contributed by atoms with Crippen LogP contribution in [-0.4, -0.2) is 93.7 Å². The average molecular weight is 644 g/mol. The summed E-state index contributed by atoms with van der Waals surface area (Å²) in [4.78, 5) is 94.1. The number of aromatic nitrogens is 2. The Morgan fingerprint density at radius 3 is 2.02 bits per heavy atom. The Bertz CT molecular complexity index is 1350. The molecular formula is C29H41N9O8. The number of hydrogen-bond donors (Lipinski definition) is 9. The van der Waals surface area contributed by atoms with E-state index in [1.54, 1.807) is 30.3 Å². The van der Waals surface area contributed by atoms with Crippen LogP contribution < -0.4 is 38.1 Å². The first-order valence-corrected chi connectivity index (χ1v) is 14.5. The van der Waals surface area contributed by atoms with Gasteiger partial charge in [0.1, 0.15) is 24.7 Å². The van der Waals surface area contributed by atoms with Gasteiger partial charge in [0.25, 0.3) is 0 Å². The van der Waals surface area contributed by atoms with E-state index in [0.717, 1.165) is 0 Å². The van der Waals surface area contributed by atoms with E-state index >= 15 is 0 Å². The number of primary amides is 1. The number of imidazole rings is 1. The Morgan fingerprint density at radius 1 is 0.826 bits per heavy atom. The molecule has 0 bridgehead atoms. The molecule has 2 rings (SSSR count). The smallest absolute Gasteiger partial charge is 0.322 e. The largest absolute Gasteiger partial charge is 0.480 e. The van der Waals surface area contributed by atoms with Gasteiger partial charge in [-0.05, 0) is 17.9 Å². The maximum absolute atomic E-state index is 13.4. The molecular weight excluding hydrogens is 602 g/mol. The van der Waals surface area contributed by atoms with Crippen molar-refractivity contribution in [2.75, 3.05) is 13.1 Å². The van der Waals surface area contributed by atoms with E-state index in [4.69, 9.17) is 16.6 Å². The molecule has 250 valence electrons. The number of aromatic amines is 1. The van der Waals surface area contributed by atoms with Crippen molar-refractivity contribution in [2.45, 2.75) is 63.7 Å². The molecule has 17 nitrogen and oxygen atoms in total. The highest BCUT2D eigenvalue weighted by Gasteiger charge is 2.31. The van der Waals surface area contributed by atoms with Gasteiger partial charge in [-0.25, -0.2) is 4.98 Å². The molecule has 6 amide bonds. The fourth-order valence-corrected chi connectivity index (χ4v) is 4.28. The van der Waals surface area contributed by atoms with Crippen molar-refractivity contribution in [3.8, 4) is 0 Å². The topological polar surface area (TPSA) is 281 Å². The van der Waals surface area contributed by atoms with E-state index in [9.17, 15) is 33.6 Å². The first kappa shape index (κ1) is 36.9. The lowest BCUT2D eigenvalue weighted by molar-refractivity contribution is -0.138. The molecule has 0 saturated carbocycles. The van der Waals surface area contributed by atoms with Crippen molar-refractivity contribution in [1.29, 1.82) is 0 Å². The van der Waals surface area contributed by atoms with Gasteiger partial charge in [0, 0.05) is 24.7 Å². The number of nitrogens with two attached hydrogens (primary N) is 2. The predicted octanol–water partition coefficient (Wildman–Crippen LogP) is -2.78. The fraction of sp³-hybridized carbons (Fsp3) is 0.448. The van der Waals surface area contributed by atoms with Crippen molar-refractivity contribution >= 4 is 41.4 Å². The Kier molecular flexibility index (Phi) is 14.8. The molecule has 0 aliphatic heterocycles. The number of nitrogens with one attached hydrogen (secondary N) is 6. The minimum absolute atomic E-state index is 0.0413. The molecule has 17 heteroatoms. The van der Waals surface area contributed by atoms with Crippen molar-refractivity contribution in [2.24, 2.45) is 17.4 Å². The van der Waals surface area contributed by atoms with E-state index in [-0.39, 0.29) is 18.8 Å². The highest BCUT2D eigenvalue weighted by Crippen LogP contribution is 2.06. The molecule has 0 aliphatic carbocycles. The van der Waals surface area contributed by atoms with Gasteiger partial charge in [-0.15, -0.1) is 0 Å². The lowest BCUT2D eigenvalue weighted by atomic mass is 10.0. The van der Waals surface area contributed by atoms with Crippen LogP contribution in [0.15, 0.2) is 42.9 Å². The van der Waals surface area contributed by atoms with Gasteiger partial charge >= 0.3 is 5.97 Å². The van der Waals surface area contributed by atoms with Crippen LogP contribution in [0.3, 0.4) is 0 Å². The zero-order valence-electron chi connectivity index (χ0n) is 25.6. The summed E-state index contributed by atoms with van der Waals surface area (Å²) >= 11 is 0. The van der Waals surface area contributed by atoms with Crippen LogP contribution in [-0.2, 0) is 46.4 Å². The van der Waals surface area contributed by atoms with Gasteiger partial charge in [0.15, 0.2) is 0 Å². The Labute approximate surface area is 265 Å². The normalized spacial score (nSPS) is 13.4. The summed E-state index contributed by atoms with van der Waals surface area (Å²) in [5.41, 5.74) is 12.3. The van der Waals surface area contributed by atoms with E-state index < -0.39 is 85.1 Å². The number of benzene rings is 1. The number of aliphatic carboxylic acids is 1. The summed E-state index contributed by atoms with van der Waals surface area (Å²) in [6, 6.07) is 3.54. The summed E-state index contributed by atoms with van der Waals surface area (Å²) in [6.45, 7) is 2.58.